The molecule has 0 fully saturated rings. The van der Waals surface area contributed by atoms with E-state index in [0.717, 1.165) is 33.2 Å². The maximum absolute atomic E-state index is 4.37. The Bertz CT molecular complexity index is 849. The monoisotopic (exact) mass is 546 g/mol. The number of aliphatic imine (C=N–C) groups is 1. The third kappa shape index (κ3) is 5.52. The second-order valence-electron chi connectivity index (χ2n) is 5.50. The van der Waals surface area contributed by atoms with Crippen LogP contribution in [0.15, 0.2) is 51.5 Å². The Labute approximate surface area is 182 Å². The molecule has 2 aromatic heterocycles. The van der Waals surface area contributed by atoms with Gasteiger partial charge in [0.2, 0.25) is 0 Å². The van der Waals surface area contributed by atoms with E-state index >= 15 is 0 Å². The average molecular weight is 547 g/mol. The number of aromatic amines is 1. The summed E-state index contributed by atoms with van der Waals surface area (Å²) in [6, 6.07) is 12.4. The molecule has 0 aliphatic rings. The second-order valence-corrected chi connectivity index (χ2v) is 8.04. The van der Waals surface area contributed by atoms with E-state index in [-0.39, 0.29) is 24.0 Å². The molecule has 0 atom stereocenters. The highest BCUT2D eigenvalue weighted by molar-refractivity contribution is 14.0. The SMILES string of the molecule is CN=C(NCc1cccc(-c2ncn[nH]2)c1)N(C)Cc1ccc(Br)s1.I. The quantitative estimate of drug-likeness (QED) is 0.287. The minimum atomic E-state index is 0. The van der Waals surface area contributed by atoms with E-state index < -0.39 is 0 Å². The summed E-state index contributed by atoms with van der Waals surface area (Å²) in [4.78, 5) is 12.0. The fraction of sp³-hybridized carbons (Fsp3) is 0.235. The average Bonchev–Trinajstić information content (AvgIpc) is 3.28. The molecule has 6 nitrogen and oxygen atoms in total. The first-order chi connectivity index (χ1) is 12.2. The Kier molecular flexibility index (Phi) is 8.04. The van der Waals surface area contributed by atoms with Crippen LogP contribution >= 0.6 is 51.2 Å². The van der Waals surface area contributed by atoms with E-state index in [1.165, 1.54) is 11.2 Å². The first-order valence-corrected chi connectivity index (χ1v) is 9.37. The molecule has 0 spiro atoms. The maximum atomic E-state index is 4.37. The molecule has 2 heterocycles. The Morgan fingerprint density at radius 3 is 2.85 bits per heavy atom. The topological polar surface area (TPSA) is 69.2 Å². The molecule has 9 heteroatoms. The van der Waals surface area contributed by atoms with E-state index in [2.05, 4.69) is 70.6 Å². The van der Waals surface area contributed by atoms with Gasteiger partial charge in [-0.15, -0.1) is 35.3 Å². The van der Waals surface area contributed by atoms with Crippen LogP contribution in [-0.4, -0.2) is 40.1 Å². The molecule has 0 bridgehead atoms. The number of halogens is 2. The minimum absolute atomic E-state index is 0. The number of rotatable bonds is 5. The molecule has 0 unspecified atom stereocenters. The van der Waals surface area contributed by atoms with Crippen LogP contribution in [0.5, 0.6) is 0 Å². The smallest absolute Gasteiger partial charge is 0.193 e. The van der Waals surface area contributed by atoms with Crippen LogP contribution in [-0.2, 0) is 13.1 Å². The van der Waals surface area contributed by atoms with E-state index in [1.807, 2.05) is 19.2 Å². The van der Waals surface area contributed by atoms with Crippen LogP contribution in [0.2, 0.25) is 0 Å². The number of guanidine groups is 1. The van der Waals surface area contributed by atoms with Gasteiger partial charge in [-0.25, -0.2) is 4.98 Å². The van der Waals surface area contributed by atoms with Gasteiger partial charge >= 0.3 is 0 Å². The fourth-order valence-corrected chi connectivity index (χ4v) is 4.02. The number of benzene rings is 1. The Balaban J connectivity index is 0.00000243. The number of thiophene rings is 1. The van der Waals surface area contributed by atoms with Crippen molar-refractivity contribution in [2.24, 2.45) is 4.99 Å². The first kappa shape index (κ1) is 20.8. The van der Waals surface area contributed by atoms with Gasteiger partial charge in [-0.1, -0.05) is 18.2 Å². The normalized spacial score (nSPS) is 11.1. The lowest BCUT2D eigenvalue weighted by Crippen LogP contribution is -2.37. The minimum Gasteiger partial charge on any atom is -0.352 e. The summed E-state index contributed by atoms with van der Waals surface area (Å²) >= 11 is 5.24. The lowest BCUT2D eigenvalue weighted by atomic mass is 10.1. The summed E-state index contributed by atoms with van der Waals surface area (Å²) in [5.41, 5.74) is 2.17. The van der Waals surface area contributed by atoms with Crippen molar-refractivity contribution in [1.82, 2.24) is 25.4 Å². The highest BCUT2D eigenvalue weighted by atomic mass is 127. The van der Waals surface area contributed by atoms with Crippen molar-refractivity contribution in [1.29, 1.82) is 0 Å². The summed E-state index contributed by atoms with van der Waals surface area (Å²) in [5, 5.41) is 10.2. The first-order valence-electron chi connectivity index (χ1n) is 7.76. The standard InChI is InChI=1S/C17H19BrN6S.HI/c1-19-17(24(2)10-14-6-7-15(18)25-14)20-9-12-4-3-5-13(8-12)16-21-11-22-23-16;/h3-8,11H,9-10H2,1-2H3,(H,19,20)(H,21,22,23);1H. The number of aromatic nitrogens is 3. The highest BCUT2D eigenvalue weighted by Gasteiger charge is 2.09. The predicted molar refractivity (Wildman–Crippen MR) is 121 cm³/mol. The summed E-state index contributed by atoms with van der Waals surface area (Å²) in [7, 11) is 3.84. The van der Waals surface area contributed by atoms with Crippen molar-refractivity contribution in [3.05, 3.63) is 57.0 Å². The van der Waals surface area contributed by atoms with E-state index in [0.29, 0.717) is 6.54 Å². The zero-order valence-electron chi connectivity index (χ0n) is 14.4. The van der Waals surface area contributed by atoms with Crippen LogP contribution < -0.4 is 5.32 Å². The van der Waals surface area contributed by atoms with Crippen molar-refractivity contribution in [3.63, 3.8) is 0 Å². The van der Waals surface area contributed by atoms with Crippen LogP contribution in [0.25, 0.3) is 11.4 Å². The Morgan fingerprint density at radius 1 is 1.35 bits per heavy atom. The highest BCUT2D eigenvalue weighted by Crippen LogP contribution is 2.23. The van der Waals surface area contributed by atoms with Crippen molar-refractivity contribution in [2.45, 2.75) is 13.1 Å². The predicted octanol–water partition coefficient (Wildman–Crippen LogP) is 4.12. The van der Waals surface area contributed by atoms with Gasteiger partial charge in [0.05, 0.1) is 10.3 Å². The van der Waals surface area contributed by atoms with Gasteiger partial charge in [0.25, 0.3) is 0 Å². The lowest BCUT2D eigenvalue weighted by Gasteiger charge is -2.21. The zero-order valence-corrected chi connectivity index (χ0v) is 19.2. The van der Waals surface area contributed by atoms with Crippen molar-refractivity contribution >= 4 is 57.2 Å². The fourth-order valence-electron chi connectivity index (χ4n) is 2.48. The molecule has 3 aromatic rings. The summed E-state index contributed by atoms with van der Waals surface area (Å²) in [6.07, 6.45) is 1.51. The lowest BCUT2D eigenvalue weighted by molar-refractivity contribution is 0.481. The summed E-state index contributed by atoms with van der Waals surface area (Å²) in [5.74, 6) is 1.63. The molecule has 26 heavy (non-hydrogen) atoms. The van der Waals surface area contributed by atoms with Gasteiger partial charge in [-0.05, 0) is 39.7 Å². The van der Waals surface area contributed by atoms with E-state index in [9.17, 15) is 0 Å². The molecular formula is C17H20BrIN6S. The van der Waals surface area contributed by atoms with E-state index in [1.54, 1.807) is 18.4 Å². The van der Waals surface area contributed by atoms with Gasteiger partial charge in [0.1, 0.15) is 6.33 Å². The summed E-state index contributed by atoms with van der Waals surface area (Å²) in [6.45, 7) is 1.50. The van der Waals surface area contributed by atoms with Crippen molar-refractivity contribution < 1.29 is 0 Å². The van der Waals surface area contributed by atoms with Gasteiger partial charge in [0.15, 0.2) is 11.8 Å². The van der Waals surface area contributed by atoms with Gasteiger partial charge < -0.3 is 10.2 Å². The molecule has 3 rings (SSSR count). The molecular weight excluding hydrogens is 527 g/mol. The zero-order chi connectivity index (χ0) is 17.6. The number of nitrogens with zero attached hydrogens (tertiary/aromatic N) is 4. The third-order valence-electron chi connectivity index (χ3n) is 3.66. The van der Waals surface area contributed by atoms with Crippen molar-refractivity contribution in [2.75, 3.05) is 14.1 Å². The molecule has 2 N–H and O–H groups in total. The van der Waals surface area contributed by atoms with Crippen LogP contribution in [0, 0.1) is 0 Å². The maximum Gasteiger partial charge on any atom is 0.193 e. The largest absolute Gasteiger partial charge is 0.352 e. The molecule has 0 aliphatic carbocycles. The van der Waals surface area contributed by atoms with E-state index in [4.69, 9.17) is 0 Å². The molecule has 1 aromatic carbocycles. The van der Waals surface area contributed by atoms with Gasteiger partial charge in [-0.3, -0.25) is 10.1 Å². The molecule has 0 saturated heterocycles. The van der Waals surface area contributed by atoms with Crippen LogP contribution in [0.4, 0.5) is 0 Å². The van der Waals surface area contributed by atoms with Crippen molar-refractivity contribution in [3.8, 4) is 11.4 Å². The summed E-state index contributed by atoms with van der Waals surface area (Å²) < 4.78 is 1.14. The number of hydrogen-bond acceptors (Lipinski definition) is 4. The number of nitrogens with one attached hydrogen (secondary N) is 2. The van der Waals surface area contributed by atoms with Crippen LogP contribution in [0.1, 0.15) is 10.4 Å². The number of H-pyrrole nitrogens is 1. The Hall–Kier alpha value is -1.46. The molecule has 0 amide bonds. The van der Waals surface area contributed by atoms with Gasteiger partial charge in [0, 0.05) is 31.1 Å². The Morgan fingerprint density at radius 2 is 2.19 bits per heavy atom. The third-order valence-corrected chi connectivity index (χ3v) is 5.27. The van der Waals surface area contributed by atoms with Crippen LogP contribution in [0.3, 0.4) is 0 Å². The van der Waals surface area contributed by atoms with Gasteiger partial charge in [-0.2, -0.15) is 5.10 Å². The second kappa shape index (κ2) is 10.0. The molecule has 0 saturated carbocycles. The molecule has 0 aliphatic heterocycles. The number of hydrogen-bond donors (Lipinski definition) is 2. The molecule has 0 radical (unpaired) electrons. The molecule has 138 valence electrons.